The minimum Gasteiger partial charge on any atom is -0.456 e. The molecule has 1 heterocycles. The van der Waals surface area contributed by atoms with Crippen LogP contribution in [0.25, 0.3) is 21.9 Å². The summed E-state index contributed by atoms with van der Waals surface area (Å²) in [5, 5.41) is 2.04. The van der Waals surface area contributed by atoms with E-state index in [2.05, 4.69) is 32.9 Å². The number of rotatable bonds is 0. The molecule has 3 rings (SSSR count). The van der Waals surface area contributed by atoms with Gasteiger partial charge in [-0.25, -0.2) is 0 Å². The highest BCUT2D eigenvalue weighted by Crippen LogP contribution is 2.30. The van der Waals surface area contributed by atoms with Gasteiger partial charge < -0.3 is 4.42 Å². The van der Waals surface area contributed by atoms with Gasteiger partial charge in [-0.15, -0.1) is 0 Å². The molecule has 0 saturated heterocycles. The second-order valence-electron chi connectivity index (χ2n) is 5.89. The van der Waals surface area contributed by atoms with Crippen molar-refractivity contribution in [3.05, 3.63) is 52.5 Å². The van der Waals surface area contributed by atoms with Gasteiger partial charge in [-0.2, -0.15) is 0 Å². The normalized spacial score (nSPS) is 12.2. The molecule has 0 aliphatic rings. The predicted molar refractivity (Wildman–Crippen MR) is 83.3 cm³/mol. The number of hydrogen-bond donors (Lipinski definition) is 0. The molecule has 0 aliphatic carbocycles. The fourth-order valence-corrected chi connectivity index (χ4v) is 2.60. The summed E-state index contributed by atoms with van der Waals surface area (Å²) in [5.74, 6) is 0. The third kappa shape index (κ3) is 2.06. The van der Waals surface area contributed by atoms with E-state index < -0.39 is 0 Å². The summed E-state index contributed by atoms with van der Waals surface area (Å²) in [6.45, 7) is 6.61. The van der Waals surface area contributed by atoms with Crippen molar-refractivity contribution >= 4 is 34.2 Å². The van der Waals surface area contributed by atoms with E-state index in [1.54, 1.807) is 0 Å². The highest BCUT2D eigenvalue weighted by molar-refractivity contribution is 7.72. The first kappa shape index (κ1) is 12.4. The molecule has 0 N–H and O–H groups in total. The molecule has 2 aromatic carbocycles. The van der Waals surface area contributed by atoms with Crippen molar-refractivity contribution < 1.29 is 4.42 Å². The molecule has 19 heavy (non-hydrogen) atoms. The summed E-state index contributed by atoms with van der Waals surface area (Å²) in [6.07, 6.45) is 0. The smallest absolute Gasteiger partial charge is 0.136 e. The van der Waals surface area contributed by atoms with Crippen molar-refractivity contribution in [3.8, 4) is 0 Å². The molecule has 0 spiro atoms. The van der Waals surface area contributed by atoms with Crippen LogP contribution in [0.5, 0.6) is 0 Å². The second-order valence-corrected chi connectivity index (χ2v) is 6.30. The summed E-state index contributed by atoms with van der Waals surface area (Å²) in [5.41, 5.74) is 3.10. The van der Waals surface area contributed by atoms with Crippen LogP contribution < -0.4 is 0 Å². The zero-order chi connectivity index (χ0) is 13.6. The van der Waals surface area contributed by atoms with Gasteiger partial charge in [-0.05, 0) is 35.2 Å². The lowest BCUT2D eigenvalue weighted by Crippen LogP contribution is -2.10. The number of fused-ring (bicyclic) bond motifs is 2. The van der Waals surface area contributed by atoms with Crippen molar-refractivity contribution in [1.29, 1.82) is 0 Å². The van der Waals surface area contributed by atoms with E-state index in [1.807, 2.05) is 30.3 Å². The Morgan fingerprint density at radius 2 is 1.58 bits per heavy atom. The third-order valence-electron chi connectivity index (χ3n) is 3.44. The molecule has 0 saturated carbocycles. The Hall–Kier alpha value is -1.67. The minimum atomic E-state index is 0.113. The van der Waals surface area contributed by atoms with Crippen LogP contribution >= 0.6 is 12.2 Å². The van der Waals surface area contributed by atoms with Gasteiger partial charge in [0, 0.05) is 10.8 Å². The van der Waals surface area contributed by atoms with Crippen LogP contribution in [0.15, 0.2) is 46.9 Å². The maximum atomic E-state index is 5.93. The largest absolute Gasteiger partial charge is 0.456 e. The van der Waals surface area contributed by atoms with Crippen molar-refractivity contribution in [2.24, 2.45) is 0 Å². The topological polar surface area (TPSA) is 13.1 Å². The van der Waals surface area contributed by atoms with E-state index in [-0.39, 0.29) is 5.41 Å². The first-order chi connectivity index (χ1) is 8.97. The molecule has 1 nitrogen and oxygen atoms in total. The Morgan fingerprint density at radius 3 is 2.32 bits per heavy atom. The van der Waals surface area contributed by atoms with Crippen LogP contribution in [0, 0.1) is 4.51 Å². The van der Waals surface area contributed by atoms with Crippen LogP contribution in [-0.2, 0) is 5.41 Å². The minimum absolute atomic E-state index is 0.113. The van der Waals surface area contributed by atoms with Gasteiger partial charge in [-0.3, -0.25) is 0 Å². The number of hydrogen-bond acceptors (Lipinski definition) is 2. The first-order valence-corrected chi connectivity index (χ1v) is 6.84. The van der Waals surface area contributed by atoms with Crippen LogP contribution in [0.1, 0.15) is 26.3 Å². The van der Waals surface area contributed by atoms with E-state index in [9.17, 15) is 0 Å². The van der Waals surface area contributed by atoms with Gasteiger partial charge >= 0.3 is 0 Å². The molecule has 0 fully saturated rings. The molecule has 0 radical (unpaired) electrons. The summed E-state index contributed by atoms with van der Waals surface area (Å²) in [7, 11) is 0. The second kappa shape index (κ2) is 4.17. The zero-order valence-corrected chi connectivity index (χ0v) is 12.2. The van der Waals surface area contributed by atoms with Gasteiger partial charge in [0.25, 0.3) is 0 Å². The number of para-hydroxylation sites is 1. The first-order valence-electron chi connectivity index (χ1n) is 6.43. The highest BCUT2D eigenvalue weighted by Gasteiger charge is 2.15. The molecule has 2 heteroatoms. The summed E-state index contributed by atoms with van der Waals surface area (Å²) in [4.78, 5) is 0. The Kier molecular flexibility index (Phi) is 2.72. The quantitative estimate of drug-likeness (QED) is 0.388. The molecule has 3 aromatic rings. The van der Waals surface area contributed by atoms with E-state index in [4.69, 9.17) is 16.6 Å². The predicted octanol–water partition coefficient (Wildman–Crippen LogP) is 5.61. The fourth-order valence-electron chi connectivity index (χ4n) is 2.27. The molecule has 0 amide bonds. The molecule has 0 aliphatic heterocycles. The molecule has 96 valence electrons. The molecule has 0 bridgehead atoms. The van der Waals surface area contributed by atoms with Crippen LogP contribution in [0.3, 0.4) is 0 Å². The van der Waals surface area contributed by atoms with Crippen molar-refractivity contribution in [2.75, 3.05) is 0 Å². The lowest BCUT2D eigenvalue weighted by molar-refractivity contribution is 0.590. The lowest BCUT2D eigenvalue weighted by Gasteiger charge is -2.19. The molecule has 1 aromatic heterocycles. The van der Waals surface area contributed by atoms with Crippen molar-refractivity contribution in [3.63, 3.8) is 0 Å². The van der Waals surface area contributed by atoms with E-state index in [1.165, 1.54) is 5.56 Å². The summed E-state index contributed by atoms with van der Waals surface area (Å²) < 4.78 is 6.81. The number of benzene rings is 2. The van der Waals surface area contributed by atoms with E-state index in [0.29, 0.717) is 0 Å². The molecule has 0 atom stereocenters. The molecule has 0 unspecified atom stereocenters. The van der Waals surface area contributed by atoms with Gasteiger partial charge in [-0.1, -0.05) is 51.2 Å². The Balaban J connectivity index is 2.43. The standard InChI is InChI=1S/C17H16OS/c1-17(2,3)11-8-9-15-13(10-11)16(19)12-6-4-5-7-14(12)18-15/h4-10H,1-3H3. The zero-order valence-electron chi connectivity index (χ0n) is 11.4. The van der Waals surface area contributed by atoms with E-state index in [0.717, 1.165) is 26.4 Å². The van der Waals surface area contributed by atoms with Crippen LogP contribution in [0.2, 0.25) is 0 Å². The molecular weight excluding hydrogens is 252 g/mol. The third-order valence-corrected chi connectivity index (χ3v) is 3.88. The van der Waals surface area contributed by atoms with Gasteiger partial charge in [0.15, 0.2) is 0 Å². The molecular formula is C17H16OS. The Bertz CT molecular complexity index is 822. The fraction of sp³-hybridized carbons (Fsp3) is 0.235. The van der Waals surface area contributed by atoms with Gasteiger partial charge in [0.05, 0.1) is 4.51 Å². The lowest BCUT2D eigenvalue weighted by atomic mass is 9.86. The maximum absolute atomic E-state index is 5.93. The monoisotopic (exact) mass is 268 g/mol. The van der Waals surface area contributed by atoms with Crippen molar-refractivity contribution in [1.82, 2.24) is 0 Å². The maximum Gasteiger partial charge on any atom is 0.136 e. The SMILES string of the molecule is CC(C)(C)c1ccc2oc3ccccc3c(=S)c2c1. The Labute approximate surface area is 117 Å². The summed E-state index contributed by atoms with van der Waals surface area (Å²) in [6, 6.07) is 14.2. The average molecular weight is 268 g/mol. The van der Waals surface area contributed by atoms with E-state index >= 15 is 0 Å². The summed E-state index contributed by atoms with van der Waals surface area (Å²) >= 11 is 5.62. The Morgan fingerprint density at radius 1 is 0.895 bits per heavy atom. The van der Waals surface area contributed by atoms with Crippen LogP contribution in [0.4, 0.5) is 0 Å². The highest BCUT2D eigenvalue weighted by atomic mass is 32.1. The average Bonchev–Trinajstić information content (AvgIpc) is 2.37. The van der Waals surface area contributed by atoms with Gasteiger partial charge in [0.1, 0.15) is 11.2 Å². The van der Waals surface area contributed by atoms with Crippen LogP contribution in [-0.4, -0.2) is 0 Å². The van der Waals surface area contributed by atoms with Gasteiger partial charge in [0.2, 0.25) is 0 Å². The van der Waals surface area contributed by atoms with Crippen molar-refractivity contribution in [2.45, 2.75) is 26.2 Å².